The number of hydrogen-bond acceptors (Lipinski definition) is 4. The van der Waals surface area contributed by atoms with Crippen molar-refractivity contribution in [3.8, 4) is 5.75 Å². The van der Waals surface area contributed by atoms with Crippen molar-refractivity contribution in [2.75, 3.05) is 0 Å². The zero-order valence-corrected chi connectivity index (χ0v) is 10.4. The Hall–Kier alpha value is -1.84. The Labute approximate surface area is 106 Å². The summed E-state index contributed by atoms with van der Waals surface area (Å²) in [6, 6.07) is 8.08. The van der Waals surface area contributed by atoms with Crippen molar-refractivity contribution < 1.29 is 9.26 Å². The summed E-state index contributed by atoms with van der Waals surface area (Å²) in [4.78, 5) is 4.33. The van der Waals surface area contributed by atoms with Gasteiger partial charge in [-0.05, 0) is 37.0 Å². The van der Waals surface area contributed by atoms with Crippen LogP contribution in [0.4, 0.5) is 0 Å². The van der Waals surface area contributed by atoms with E-state index >= 15 is 0 Å². The third-order valence-corrected chi connectivity index (χ3v) is 3.09. The molecule has 4 nitrogen and oxygen atoms in total. The van der Waals surface area contributed by atoms with Crippen LogP contribution in [0.3, 0.4) is 0 Å². The SMILES string of the molecule is CCc1cccc(OCc2noc(C3CC3)n2)c1. The van der Waals surface area contributed by atoms with Gasteiger partial charge in [-0.25, -0.2) is 0 Å². The Morgan fingerprint density at radius 2 is 2.28 bits per heavy atom. The molecule has 94 valence electrons. The molecule has 0 aliphatic heterocycles. The zero-order chi connectivity index (χ0) is 12.4. The first-order chi connectivity index (χ1) is 8.85. The van der Waals surface area contributed by atoms with Crippen LogP contribution in [0.5, 0.6) is 5.75 Å². The molecule has 0 bridgehead atoms. The molecule has 1 saturated carbocycles. The Morgan fingerprint density at radius 1 is 1.39 bits per heavy atom. The molecular weight excluding hydrogens is 228 g/mol. The van der Waals surface area contributed by atoms with Gasteiger partial charge < -0.3 is 9.26 Å². The van der Waals surface area contributed by atoms with Gasteiger partial charge in [0.25, 0.3) is 0 Å². The fourth-order valence-corrected chi connectivity index (χ4v) is 1.83. The Morgan fingerprint density at radius 3 is 3.06 bits per heavy atom. The van der Waals surface area contributed by atoms with Crippen molar-refractivity contribution in [1.29, 1.82) is 0 Å². The van der Waals surface area contributed by atoms with E-state index in [0.29, 0.717) is 18.3 Å². The average molecular weight is 244 g/mol. The summed E-state index contributed by atoms with van der Waals surface area (Å²) in [7, 11) is 0. The maximum absolute atomic E-state index is 5.66. The molecule has 1 heterocycles. The van der Waals surface area contributed by atoms with Gasteiger partial charge in [-0.1, -0.05) is 24.2 Å². The van der Waals surface area contributed by atoms with Crippen LogP contribution in [0.1, 0.15) is 43.0 Å². The monoisotopic (exact) mass is 244 g/mol. The molecule has 18 heavy (non-hydrogen) atoms. The molecule has 2 aromatic rings. The summed E-state index contributed by atoms with van der Waals surface area (Å²) in [5.74, 6) is 2.73. The van der Waals surface area contributed by atoms with Crippen molar-refractivity contribution in [3.05, 3.63) is 41.5 Å². The third kappa shape index (κ3) is 2.53. The Bertz CT molecular complexity index is 532. The lowest BCUT2D eigenvalue weighted by Crippen LogP contribution is -1.98. The second-order valence-electron chi connectivity index (χ2n) is 4.61. The molecule has 0 atom stereocenters. The van der Waals surface area contributed by atoms with Crippen molar-refractivity contribution in [2.45, 2.75) is 38.7 Å². The highest BCUT2D eigenvalue weighted by Gasteiger charge is 2.29. The summed E-state index contributed by atoms with van der Waals surface area (Å²) in [5, 5.41) is 3.92. The topological polar surface area (TPSA) is 48.2 Å². The highest BCUT2D eigenvalue weighted by atomic mass is 16.5. The molecule has 1 fully saturated rings. The van der Waals surface area contributed by atoms with Gasteiger partial charge >= 0.3 is 0 Å². The van der Waals surface area contributed by atoms with Gasteiger partial charge in [0.1, 0.15) is 5.75 Å². The predicted molar refractivity (Wildman–Crippen MR) is 66.4 cm³/mol. The normalized spacial score (nSPS) is 14.7. The average Bonchev–Trinajstić information content (AvgIpc) is 3.16. The van der Waals surface area contributed by atoms with E-state index in [4.69, 9.17) is 9.26 Å². The number of rotatable bonds is 5. The number of benzene rings is 1. The molecule has 0 amide bonds. The lowest BCUT2D eigenvalue weighted by atomic mass is 10.2. The fraction of sp³-hybridized carbons (Fsp3) is 0.429. The van der Waals surface area contributed by atoms with Crippen LogP contribution in [0.2, 0.25) is 0 Å². The minimum Gasteiger partial charge on any atom is -0.485 e. The van der Waals surface area contributed by atoms with Gasteiger partial charge in [0.15, 0.2) is 6.61 Å². The van der Waals surface area contributed by atoms with E-state index in [1.54, 1.807) is 0 Å². The first-order valence-electron chi connectivity index (χ1n) is 6.39. The van der Waals surface area contributed by atoms with Crippen molar-refractivity contribution in [1.82, 2.24) is 10.1 Å². The van der Waals surface area contributed by atoms with Crippen LogP contribution in [-0.2, 0) is 13.0 Å². The van der Waals surface area contributed by atoms with Crippen LogP contribution in [0.25, 0.3) is 0 Å². The van der Waals surface area contributed by atoms with Crippen LogP contribution < -0.4 is 4.74 Å². The lowest BCUT2D eigenvalue weighted by Gasteiger charge is -2.04. The molecule has 1 aromatic heterocycles. The minimum atomic E-state index is 0.364. The van der Waals surface area contributed by atoms with Gasteiger partial charge in [-0.15, -0.1) is 0 Å². The summed E-state index contributed by atoms with van der Waals surface area (Å²) >= 11 is 0. The minimum absolute atomic E-state index is 0.364. The van der Waals surface area contributed by atoms with Crippen molar-refractivity contribution >= 4 is 0 Å². The number of ether oxygens (including phenoxy) is 1. The van der Waals surface area contributed by atoms with E-state index in [9.17, 15) is 0 Å². The van der Waals surface area contributed by atoms with Gasteiger partial charge in [0.2, 0.25) is 11.7 Å². The van der Waals surface area contributed by atoms with E-state index in [-0.39, 0.29) is 0 Å². The van der Waals surface area contributed by atoms with Crippen LogP contribution >= 0.6 is 0 Å². The van der Waals surface area contributed by atoms with E-state index in [1.165, 1.54) is 18.4 Å². The molecule has 4 heteroatoms. The summed E-state index contributed by atoms with van der Waals surface area (Å²) in [6.45, 7) is 2.49. The quantitative estimate of drug-likeness (QED) is 0.811. The maximum Gasteiger partial charge on any atom is 0.229 e. The number of aromatic nitrogens is 2. The molecule has 1 aliphatic carbocycles. The van der Waals surface area contributed by atoms with Gasteiger partial charge in [-0.3, -0.25) is 0 Å². The first kappa shape index (κ1) is 11.3. The molecule has 0 saturated heterocycles. The number of nitrogens with zero attached hydrogens (tertiary/aromatic N) is 2. The predicted octanol–water partition coefficient (Wildman–Crippen LogP) is 3.09. The number of hydrogen-bond donors (Lipinski definition) is 0. The van der Waals surface area contributed by atoms with E-state index in [1.807, 2.05) is 18.2 Å². The summed E-state index contributed by atoms with van der Waals surface area (Å²) in [5.41, 5.74) is 1.26. The smallest absolute Gasteiger partial charge is 0.229 e. The van der Waals surface area contributed by atoms with Crippen LogP contribution in [0, 0.1) is 0 Å². The van der Waals surface area contributed by atoms with Crippen LogP contribution in [0.15, 0.2) is 28.8 Å². The standard InChI is InChI=1S/C14H16N2O2/c1-2-10-4-3-5-12(8-10)17-9-13-15-14(18-16-13)11-6-7-11/h3-5,8,11H,2,6-7,9H2,1H3. The molecular formula is C14H16N2O2. The third-order valence-electron chi connectivity index (χ3n) is 3.09. The number of aryl methyl sites for hydroxylation is 1. The molecule has 0 unspecified atom stereocenters. The van der Waals surface area contributed by atoms with Crippen LogP contribution in [-0.4, -0.2) is 10.1 Å². The Balaban J connectivity index is 1.61. The summed E-state index contributed by atoms with van der Waals surface area (Å²) < 4.78 is 10.8. The van der Waals surface area contributed by atoms with Gasteiger partial charge in [0.05, 0.1) is 0 Å². The largest absolute Gasteiger partial charge is 0.485 e. The fourth-order valence-electron chi connectivity index (χ4n) is 1.83. The molecule has 1 aromatic carbocycles. The lowest BCUT2D eigenvalue weighted by molar-refractivity contribution is 0.285. The van der Waals surface area contributed by atoms with Gasteiger partial charge in [-0.2, -0.15) is 4.98 Å². The van der Waals surface area contributed by atoms with Gasteiger partial charge in [0, 0.05) is 5.92 Å². The molecule has 0 N–H and O–H groups in total. The highest BCUT2D eigenvalue weighted by Crippen LogP contribution is 2.38. The highest BCUT2D eigenvalue weighted by molar-refractivity contribution is 5.28. The second-order valence-corrected chi connectivity index (χ2v) is 4.61. The maximum atomic E-state index is 5.66. The Kier molecular flexibility index (Phi) is 3.00. The molecule has 1 aliphatic rings. The molecule has 0 radical (unpaired) electrons. The van der Waals surface area contributed by atoms with Crippen molar-refractivity contribution in [3.63, 3.8) is 0 Å². The van der Waals surface area contributed by atoms with E-state index < -0.39 is 0 Å². The summed E-state index contributed by atoms with van der Waals surface area (Å²) in [6.07, 6.45) is 3.34. The molecule has 0 spiro atoms. The molecule has 3 rings (SSSR count). The zero-order valence-electron chi connectivity index (χ0n) is 10.4. The van der Waals surface area contributed by atoms with Crippen molar-refractivity contribution in [2.24, 2.45) is 0 Å². The van der Waals surface area contributed by atoms with E-state index in [2.05, 4.69) is 23.1 Å². The second kappa shape index (κ2) is 4.80. The van der Waals surface area contributed by atoms with E-state index in [0.717, 1.165) is 18.1 Å². The first-order valence-corrected chi connectivity index (χ1v) is 6.39.